The van der Waals surface area contributed by atoms with Crippen LogP contribution in [0.2, 0.25) is 0 Å². The van der Waals surface area contributed by atoms with Crippen molar-refractivity contribution in [2.24, 2.45) is 5.92 Å². The predicted molar refractivity (Wildman–Crippen MR) is 150 cm³/mol. The lowest BCUT2D eigenvalue weighted by molar-refractivity contribution is -0.178. The number of fused-ring (bicyclic) bond motifs is 1. The van der Waals surface area contributed by atoms with Crippen molar-refractivity contribution in [1.82, 2.24) is 19.4 Å². The van der Waals surface area contributed by atoms with Gasteiger partial charge in [0.05, 0.1) is 11.6 Å². The van der Waals surface area contributed by atoms with Crippen molar-refractivity contribution >= 4 is 21.6 Å². The summed E-state index contributed by atoms with van der Waals surface area (Å²) in [6.45, 7) is 2.18. The molecule has 13 heteroatoms. The fraction of sp³-hybridized carbons (Fsp3) is 0.536. The SMILES string of the molecule is CN1CCN(c2cccc(OCC(=O)NCC(CN3CCc4ccccc4C3)C(F)(F)F)c2S(=O)(=O)N(C)C)CC1. The van der Waals surface area contributed by atoms with Gasteiger partial charge in [0.1, 0.15) is 10.6 Å². The van der Waals surface area contributed by atoms with Gasteiger partial charge in [-0.2, -0.15) is 13.2 Å². The number of amides is 1. The van der Waals surface area contributed by atoms with Gasteiger partial charge in [0.15, 0.2) is 6.61 Å². The number of carbonyl (C=O) groups is 1. The van der Waals surface area contributed by atoms with Crippen LogP contribution in [0, 0.1) is 5.92 Å². The number of benzene rings is 2. The number of sulfonamides is 1. The molecule has 0 aromatic heterocycles. The van der Waals surface area contributed by atoms with E-state index in [4.69, 9.17) is 4.74 Å². The molecule has 41 heavy (non-hydrogen) atoms. The molecule has 226 valence electrons. The second kappa shape index (κ2) is 13.0. The molecule has 0 bridgehead atoms. The molecule has 2 heterocycles. The lowest BCUT2D eigenvalue weighted by Crippen LogP contribution is -2.45. The summed E-state index contributed by atoms with van der Waals surface area (Å²) in [5.41, 5.74) is 2.62. The van der Waals surface area contributed by atoms with Gasteiger partial charge >= 0.3 is 6.18 Å². The van der Waals surface area contributed by atoms with Crippen molar-refractivity contribution in [2.45, 2.75) is 24.0 Å². The molecule has 1 saturated heterocycles. The molecule has 0 aliphatic carbocycles. The third-order valence-corrected chi connectivity index (χ3v) is 9.48. The monoisotopic (exact) mass is 597 g/mol. The summed E-state index contributed by atoms with van der Waals surface area (Å²) >= 11 is 0. The Balaban J connectivity index is 1.42. The van der Waals surface area contributed by atoms with Crippen molar-refractivity contribution in [3.05, 3.63) is 53.6 Å². The zero-order chi connectivity index (χ0) is 29.8. The summed E-state index contributed by atoms with van der Waals surface area (Å²) in [5, 5.41) is 2.35. The normalized spacial score (nSPS) is 17.8. The first-order valence-electron chi connectivity index (χ1n) is 13.6. The van der Waals surface area contributed by atoms with E-state index >= 15 is 0 Å². The van der Waals surface area contributed by atoms with Crippen LogP contribution < -0.4 is 15.0 Å². The highest BCUT2D eigenvalue weighted by molar-refractivity contribution is 7.89. The van der Waals surface area contributed by atoms with Crippen LogP contribution in [0.5, 0.6) is 5.75 Å². The number of hydrogen-bond acceptors (Lipinski definition) is 7. The van der Waals surface area contributed by atoms with Crippen molar-refractivity contribution < 1.29 is 31.1 Å². The third kappa shape index (κ3) is 7.70. The zero-order valence-corrected chi connectivity index (χ0v) is 24.5. The highest BCUT2D eigenvalue weighted by atomic mass is 32.2. The first-order valence-corrected chi connectivity index (χ1v) is 15.0. The number of carbonyl (C=O) groups excluding carboxylic acids is 1. The van der Waals surface area contributed by atoms with Crippen molar-refractivity contribution in [2.75, 3.05) is 78.5 Å². The van der Waals surface area contributed by atoms with Crippen molar-refractivity contribution in [3.63, 3.8) is 0 Å². The van der Waals surface area contributed by atoms with Gasteiger partial charge in [-0.3, -0.25) is 9.69 Å². The smallest absolute Gasteiger partial charge is 0.394 e. The van der Waals surface area contributed by atoms with Gasteiger partial charge in [-0.05, 0) is 36.7 Å². The summed E-state index contributed by atoms with van der Waals surface area (Å²) < 4.78 is 75.0. The molecule has 0 saturated carbocycles. The molecule has 1 fully saturated rings. The number of rotatable bonds is 10. The van der Waals surface area contributed by atoms with Crippen LogP contribution in [0.1, 0.15) is 11.1 Å². The number of ether oxygens (including phenoxy) is 1. The lowest BCUT2D eigenvalue weighted by atomic mass is 9.98. The number of nitrogens with one attached hydrogen (secondary N) is 1. The largest absolute Gasteiger partial charge is 0.482 e. The summed E-state index contributed by atoms with van der Waals surface area (Å²) in [4.78, 5) is 18.4. The summed E-state index contributed by atoms with van der Waals surface area (Å²) in [6.07, 6.45) is -3.83. The maximum Gasteiger partial charge on any atom is 0.394 e. The fourth-order valence-electron chi connectivity index (χ4n) is 5.09. The Morgan fingerprint density at radius 1 is 1.02 bits per heavy atom. The third-order valence-electron chi connectivity index (χ3n) is 7.60. The minimum atomic E-state index is -4.51. The van der Waals surface area contributed by atoms with Gasteiger partial charge in [0.25, 0.3) is 5.91 Å². The maximum absolute atomic E-state index is 13.9. The molecule has 9 nitrogen and oxygen atoms in total. The number of anilines is 1. The first-order chi connectivity index (χ1) is 19.4. The quantitative estimate of drug-likeness (QED) is 0.451. The van der Waals surface area contributed by atoms with E-state index in [0.29, 0.717) is 38.3 Å². The molecule has 0 spiro atoms. The van der Waals surface area contributed by atoms with E-state index in [0.717, 1.165) is 28.5 Å². The number of piperazine rings is 1. The Hall–Kier alpha value is -2.87. The van der Waals surface area contributed by atoms with Crippen LogP contribution in [-0.2, 0) is 27.8 Å². The lowest BCUT2D eigenvalue weighted by Gasteiger charge is -2.35. The van der Waals surface area contributed by atoms with Crippen LogP contribution in [0.3, 0.4) is 0 Å². The van der Waals surface area contributed by atoms with E-state index in [2.05, 4.69) is 10.2 Å². The van der Waals surface area contributed by atoms with E-state index in [9.17, 15) is 26.4 Å². The van der Waals surface area contributed by atoms with Crippen LogP contribution >= 0.6 is 0 Å². The second-order valence-electron chi connectivity index (χ2n) is 10.8. The molecule has 2 aliphatic rings. The fourth-order valence-corrected chi connectivity index (χ4v) is 6.30. The molecular formula is C28H38F3N5O4S. The Bertz CT molecular complexity index is 1310. The molecule has 2 aliphatic heterocycles. The highest BCUT2D eigenvalue weighted by Gasteiger charge is 2.41. The van der Waals surface area contributed by atoms with Crippen molar-refractivity contribution in [1.29, 1.82) is 0 Å². The Morgan fingerprint density at radius 2 is 1.71 bits per heavy atom. The Labute approximate surface area is 239 Å². The summed E-state index contributed by atoms with van der Waals surface area (Å²) in [7, 11) is 0.838. The van der Waals surface area contributed by atoms with Gasteiger partial charge in [-0.25, -0.2) is 12.7 Å². The van der Waals surface area contributed by atoms with Gasteiger partial charge in [0.2, 0.25) is 10.0 Å². The van der Waals surface area contributed by atoms with Gasteiger partial charge in [-0.15, -0.1) is 0 Å². The molecular weight excluding hydrogens is 559 g/mol. The van der Waals surface area contributed by atoms with Crippen LogP contribution in [0.4, 0.5) is 18.9 Å². The predicted octanol–water partition coefficient (Wildman–Crippen LogP) is 2.42. The van der Waals surface area contributed by atoms with Crippen molar-refractivity contribution in [3.8, 4) is 5.75 Å². The topological polar surface area (TPSA) is 85.4 Å². The standard InChI is InChI=1S/C28H38F3N5O4S/c1-33(2)41(38,39)27-24(36-15-13-34(3)14-16-36)9-6-10-25(27)40-20-26(37)32-17-23(28(29,30)31)19-35-12-11-21-7-4-5-8-22(21)18-35/h4-10,23H,11-20H2,1-3H3,(H,32,37). The molecule has 1 amide bonds. The number of hydrogen-bond donors (Lipinski definition) is 1. The van der Waals surface area contributed by atoms with Gasteiger partial charge in [0, 0.05) is 66.5 Å². The van der Waals surface area contributed by atoms with Crippen LogP contribution in [0.25, 0.3) is 0 Å². The summed E-state index contributed by atoms with van der Waals surface area (Å²) in [6, 6.07) is 12.5. The number of nitrogens with zero attached hydrogens (tertiary/aromatic N) is 4. The summed E-state index contributed by atoms with van der Waals surface area (Å²) in [5.74, 6) is -2.55. The number of halogens is 3. The minimum Gasteiger partial charge on any atom is -0.482 e. The van der Waals surface area contributed by atoms with E-state index in [1.807, 2.05) is 36.2 Å². The molecule has 1 unspecified atom stereocenters. The first kappa shape index (κ1) is 31.1. The molecule has 2 aromatic rings. The molecule has 1 N–H and O–H groups in total. The Morgan fingerprint density at radius 3 is 2.37 bits per heavy atom. The van der Waals surface area contributed by atoms with Gasteiger partial charge in [-0.1, -0.05) is 30.3 Å². The number of alkyl halides is 3. The molecule has 2 aromatic carbocycles. The highest BCUT2D eigenvalue weighted by Crippen LogP contribution is 2.36. The minimum absolute atomic E-state index is 0.0235. The van der Waals surface area contributed by atoms with E-state index in [1.165, 1.54) is 20.2 Å². The molecule has 0 radical (unpaired) electrons. The zero-order valence-electron chi connectivity index (χ0n) is 23.7. The van der Waals surface area contributed by atoms with E-state index in [1.54, 1.807) is 17.0 Å². The average molecular weight is 598 g/mol. The second-order valence-corrected chi connectivity index (χ2v) is 12.9. The van der Waals surface area contributed by atoms with E-state index in [-0.39, 0.29) is 17.2 Å². The van der Waals surface area contributed by atoms with Gasteiger partial charge < -0.3 is 19.9 Å². The van der Waals surface area contributed by atoms with E-state index < -0.39 is 41.2 Å². The average Bonchev–Trinajstić information content (AvgIpc) is 2.93. The van der Waals surface area contributed by atoms with Crippen LogP contribution in [-0.4, -0.2) is 108 Å². The number of likely N-dealkylation sites (N-methyl/N-ethyl adjacent to an activating group) is 1. The Kier molecular flexibility index (Phi) is 9.83. The maximum atomic E-state index is 13.9. The van der Waals surface area contributed by atoms with Crippen LogP contribution in [0.15, 0.2) is 47.4 Å². The molecule has 1 atom stereocenters. The molecule has 4 rings (SSSR count).